The average molecular weight is 468 g/mol. The second-order valence-electron chi connectivity index (χ2n) is 7.10. The molecular weight excluding hydrogens is 442 g/mol. The minimum atomic E-state index is -3.76. The van der Waals surface area contributed by atoms with Gasteiger partial charge in [0.2, 0.25) is 5.91 Å². The van der Waals surface area contributed by atoms with Gasteiger partial charge in [0.15, 0.2) is 5.13 Å². The number of benzene rings is 1. The zero-order valence-electron chi connectivity index (χ0n) is 17.4. The lowest BCUT2D eigenvalue weighted by Crippen LogP contribution is -2.40. The molecule has 0 bridgehead atoms. The summed E-state index contributed by atoms with van der Waals surface area (Å²) >= 11 is 1.17. The number of likely N-dealkylation sites (tertiary alicyclic amines) is 1. The van der Waals surface area contributed by atoms with Gasteiger partial charge in [0, 0.05) is 24.9 Å². The maximum Gasteiger partial charge on any atom is 0.308 e. The highest BCUT2D eigenvalue weighted by atomic mass is 32.2. The SMILES string of the molecule is COC(=O)C1CCN(C(=O)CCc2csc(NS(=O)(=O)c3ccc(OC)cc3)n2)CC1. The molecule has 1 aromatic heterocycles. The van der Waals surface area contributed by atoms with Gasteiger partial charge in [-0.25, -0.2) is 13.4 Å². The molecule has 1 fully saturated rings. The van der Waals surface area contributed by atoms with Crippen LogP contribution in [0.4, 0.5) is 5.13 Å². The Bertz CT molecular complexity index is 1010. The van der Waals surface area contributed by atoms with Crippen molar-refractivity contribution in [3.63, 3.8) is 0 Å². The van der Waals surface area contributed by atoms with Gasteiger partial charge < -0.3 is 14.4 Å². The van der Waals surface area contributed by atoms with Crippen LogP contribution < -0.4 is 9.46 Å². The number of thiazole rings is 1. The van der Waals surface area contributed by atoms with Gasteiger partial charge in [0.25, 0.3) is 10.0 Å². The summed E-state index contributed by atoms with van der Waals surface area (Å²) in [5.41, 5.74) is 0.648. The fourth-order valence-electron chi connectivity index (χ4n) is 3.32. The molecule has 1 N–H and O–H groups in total. The number of ether oxygens (including phenoxy) is 2. The summed E-state index contributed by atoms with van der Waals surface area (Å²) in [7, 11) is -0.877. The zero-order valence-corrected chi connectivity index (χ0v) is 19.0. The molecule has 1 aromatic carbocycles. The number of nitrogens with zero attached hydrogens (tertiary/aromatic N) is 2. The number of rotatable bonds is 8. The molecule has 0 unspecified atom stereocenters. The predicted molar refractivity (Wildman–Crippen MR) is 116 cm³/mol. The number of hydrogen-bond acceptors (Lipinski definition) is 8. The Hall–Kier alpha value is -2.66. The van der Waals surface area contributed by atoms with Crippen molar-refractivity contribution in [3.05, 3.63) is 35.3 Å². The molecule has 0 saturated carbocycles. The number of esters is 1. The summed E-state index contributed by atoms with van der Waals surface area (Å²) in [4.78, 5) is 30.2. The summed E-state index contributed by atoms with van der Waals surface area (Å²) in [5.74, 6) is 0.194. The molecule has 2 heterocycles. The second-order valence-corrected chi connectivity index (χ2v) is 9.64. The van der Waals surface area contributed by atoms with E-state index in [1.54, 1.807) is 22.4 Å². The number of aromatic nitrogens is 1. The van der Waals surface area contributed by atoms with Gasteiger partial charge in [-0.3, -0.25) is 14.3 Å². The Morgan fingerprint density at radius 2 is 1.87 bits per heavy atom. The number of carbonyl (C=O) groups is 2. The lowest BCUT2D eigenvalue weighted by atomic mass is 9.97. The van der Waals surface area contributed by atoms with Gasteiger partial charge in [0.05, 0.1) is 30.7 Å². The zero-order chi connectivity index (χ0) is 22.4. The smallest absolute Gasteiger partial charge is 0.308 e. The lowest BCUT2D eigenvalue weighted by Gasteiger charge is -2.30. The average Bonchev–Trinajstić information content (AvgIpc) is 3.23. The molecule has 0 atom stereocenters. The molecule has 168 valence electrons. The number of hydrogen-bond donors (Lipinski definition) is 1. The number of amides is 1. The molecule has 0 spiro atoms. The van der Waals surface area contributed by atoms with E-state index in [0.29, 0.717) is 43.8 Å². The lowest BCUT2D eigenvalue weighted by molar-refractivity contribution is -0.148. The molecule has 2 aromatic rings. The minimum absolute atomic E-state index is 0.00307. The van der Waals surface area contributed by atoms with E-state index in [1.165, 1.54) is 37.7 Å². The number of aryl methyl sites for hydroxylation is 1. The Morgan fingerprint density at radius 3 is 2.48 bits per heavy atom. The molecule has 1 amide bonds. The molecule has 1 saturated heterocycles. The molecule has 0 radical (unpaired) electrons. The van der Waals surface area contributed by atoms with Crippen molar-refractivity contribution < 1.29 is 27.5 Å². The van der Waals surface area contributed by atoms with Crippen LogP contribution in [0.1, 0.15) is 25.0 Å². The second kappa shape index (κ2) is 10.1. The molecule has 3 rings (SSSR count). The van der Waals surface area contributed by atoms with Crippen molar-refractivity contribution in [2.24, 2.45) is 5.92 Å². The molecule has 0 aliphatic carbocycles. The normalized spacial score (nSPS) is 14.8. The van der Waals surface area contributed by atoms with Crippen LogP contribution in [0.3, 0.4) is 0 Å². The Kier molecular flexibility index (Phi) is 7.50. The highest BCUT2D eigenvalue weighted by molar-refractivity contribution is 7.93. The van der Waals surface area contributed by atoms with Crippen LogP contribution in [0.2, 0.25) is 0 Å². The fourth-order valence-corrected chi connectivity index (χ4v) is 5.32. The number of anilines is 1. The van der Waals surface area contributed by atoms with E-state index in [2.05, 4.69) is 9.71 Å². The number of nitrogens with one attached hydrogen (secondary N) is 1. The van der Waals surface area contributed by atoms with E-state index in [4.69, 9.17) is 9.47 Å². The highest BCUT2D eigenvalue weighted by Gasteiger charge is 2.27. The summed E-state index contributed by atoms with van der Waals surface area (Å²) in [6, 6.07) is 6.05. The van der Waals surface area contributed by atoms with Crippen molar-refractivity contribution in [2.75, 3.05) is 32.0 Å². The van der Waals surface area contributed by atoms with Gasteiger partial charge >= 0.3 is 5.97 Å². The van der Waals surface area contributed by atoms with Gasteiger partial charge in [0.1, 0.15) is 5.75 Å². The largest absolute Gasteiger partial charge is 0.497 e. The molecular formula is C20H25N3O6S2. The first-order valence-electron chi connectivity index (χ1n) is 9.79. The quantitative estimate of drug-likeness (QED) is 0.592. The molecule has 9 nitrogen and oxygen atoms in total. The van der Waals surface area contributed by atoms with Crippen molar-refractivity contribution in [3.8, 4) is 5.75 Å². The van der Waals surface area contributed by atoms with E-state index in [1.807, 2.05) is 0 Å². The summed E-state index contributed by atoms with van der Waals surface area (Å²) in [6.45, 7) is 1.06. The van der Waals surface area contributed by atoms with Crippen LogP contribution in [-0.2, 0) is 30.8 Å². The van der Waals surface area contributed by atoms with E-state index in [0.717, 1.165) is 0 Å². The summed E-state index contributed by atoms with van der Waals surface area (Å²) < 4.78 is 37.3. The van der Waals surface area contributed by atoms with Gasteiger partial charge in [-0.05, 0) is 43.5 Å². The van der Waals surface area contributed by atoms with Crippen LogP contribution >= 0.6 is 11.3 Å². The Labute approximate surface area is 185 Å². The van der Waals surface area contributed by atoms with Crippen LogP contribution in [0.15, 0.2) is 34.5 Å². The first kappa shape index (κ1) is 23.0. The van der Waals surface area contributed by atoms with Crippen molar-refractivity contribution in [1.82, 2.24) is 9.88 Å². The monoisotopic (exact) mass is 467 g/mol. The number of methoxy groups -OCH3 is 2. The highest BCUT2D eigenvalue weighted by Crippen LogP contribution is 2.23. The topological polar surface area (TPSA) is 115 Å². The maximum absolute atomic E-state index is 12.5. The van der Waals surface area contributed by atoms with Crippen LogP contribution in [0.25, 0.3) is 0 Å². The third-order valence-electron chi connectivity index (χ3n) is 5.12. The van der Waals surface area contributed by atoms with Crippen molar-refractivity contribution in [2.45, 2.75) is 30.6 Å². The first-order chi connectivity index (χ1) is 14.8. The summed E-state index contributed by atoms with van der Waals surface area (Å²) in [6.07, 6.45) is 1.90. The van der Waals surface area contributed by atoms with Crippen LogP contribution in [-0.4, -0.2) is 57.5 Å². The van der Waals surface area contributed by atoms with Crippen molar-refractivity contribution in [1.29, 1.82) is 0 Å². The predicted octanol–water partition coefficient (Wildman–Crippen LogP) is 2.30. The fraction of sp³-hybridized carbons (Fsp3) is 0.450. The number of carbonyl (C=O) groups excluding carboxylic acids is 2. The Balaban J connectivity index is 1.50. The van der Waals surface area contributed by atoms with E-state index >= 15 is 0 Å². The van der Waals surface area contributed by atoms with Gasteiger partial charge in [-0.1, -0.05) is 0 Å². The molecule has 1 aliphatic heterocycles. The third kappa shape index (κ3) is 5.95. The van der Waals surface area contributed by atoms with E-state index in [-0.39, 0.29) is 34.2 Å². The maximum atomic E-state index is 12.5. The van der Waals surface area contributed by atoms with Gasteiger partial charge in [-0.15, -0.1) is 11.3 Å². The van der Waals surface area contributed by atoms with Gasteiger partial charge in [-0.2, -0.15) is 0 Å². The van der Waals surface area contributed by atoms with Crippen LogP contribution in [0, 0.1) is 5.92 Å². The molecule has 11 heteroatoms. The standard InChI is InChI=1S/C20H25N3O6S2/c1-28-16-4-6-17(7-5-16)31(26,27)22-20-21-15(13-30-20)3-8-18(24)23-11-9-14(10-12-23)19(25)29-2/h4-7,13-14H,3,8-12H2,1-2H3,(H,21,22). The summed E-state index contributed by atoms with van der Waals surface area (Å²) in [5, 5.41) is 1.99. The molecule has 1 aliphatic rings. The number of piperidine rings is 1. The Morgan fingerprint density at radius 1 is 1.19 bits per heavy atom. The minimum Gasteiger partial charge on any atom is -0.497 e. The van der Waals surface area contributed by atoms with E-state index < -0.39 is 10.0 Å². The third-order valence-corrected chi connectivity index (χ3v) is 7.41. The van der Waals surface area contributed by atoms with Crippen LogP contribution in [0.5, 0.6) is 5.75 Å². The molecule has 31 heavy (non-hydrogen) atoms. The van der Waals surface area contributed by atoms with E-state index in [9.17, 15) is 18.0 Å². The van der Waals surface area contributed by atoms with Crippen molar-refractivity contribution >= 4 is 38.4 Å². The first-order valence-corrected chi connectivity index (χ1v) is 12.2. The number of sulfonamides is 1.